The molecule has 0 unspecified atom stereocenters. The van der Waals surface area contributed by atoms with Crippen LogP contribution in [0.15, 0.2) is 24.3 Å². The molecule has 1 aromatic rings. The van der Waals surface area contributed by atoms with Gasteiger partial charge in [-0.3, -0.25) is 9.59 Å². The van der Waals surface area contributed by atoms with E-state index in [4.69, 9.17) is 11.6 Å². The van der Waals surface area contributed by atoms with Crippen LogP contribution in [0.25, 0.3) is 0 Å². The maximum absolute atomic E-state index is 12.4. The molecule has 0 aromatic heterocycles. The minimum atomic E-state index is -0.247. The molecule has 100 valence electrons. The number of hydrogen-bond acceptors (Lipinski definition) is 2. The monoisotopic (exact) mass is 278 g/mol. The first-order valence-corrected chi connectivity index (χ1v) is 6.86. The maximum Gasteiger partial charge on any atom is 0.246 e. The van der Waals surface area contributed by atoms with Gasteiger partial charge in [0, 0.05) is 18.1 Å². The molecule has 0 bridgehead atoms. The van der Waals surface area contributed by atoms with Crippen LogP contribution in [0, 0.1) is 0 Å². The number of rotatable bonds is 2. The first kappa shape index (κ1) is 12.5. The number of amides is 2. The van der Waals surface area contributed by atoms with Crippen LogP contribution in [0.4, 0.5) is 0 Å². The van der Waals surface area contributed by atoms with Crippen molar-refractivity contribution in [2.45, 2.75) is 25.4 Å². The van der Waals surface area contributed by atoms with E-state index >= 15 is 0 Å². The number of carbonyl (C=O) groups is 2. The Balaban J connectivity index is 1.80. The lowest BCUT2D eigenvalue weighted by Gasteiger charge is -2.36. The third kappa shape index (κ3) is 2.21. The molecule has 2 aliphatic rings. The van der Waals surface area contributed by atoms with Gasteiger partial charge in [0.25, 0.3) is 0 Å². The second-order valence-corrected chi connectivity index (χ2v) is 5.44. The first-order valence-electron chi connectivity index (χ1n) is 6.48. The van der Waals surface area contributed by atoms with Gasteiger partial charge in [0.1, 0.15) is 12.6 Å². The largest absolute Gasteiger partial charge is 0.329 e. The third-order valence-corrected chi connectivity index (χ3v) is 4.18. The summed E-state index contributed by atoms with van der Waals surface area (Å²) in [5.41, 5.74) is 0.886. The molecule has 2 heterocycles. The number of halogens is 1. The van der Waals surface area contributed by atoms with Gasteiger partial charge in [0.15, 0.2) is 0 Å². The number of hydrogen-bond donors (Lipinski definition) is 0. The van der Waals surface area contributed by atoms with Crippen molar-refractivity contribution < 1.29 is 9.59 Å². The van der Waals surface area contributed by atoms with Crippen LogP contribution in [0.5, 0.6) is 0 Å². The van der Waals surface area contributed by atoms with E-state index in [0.717, 1.165) is 24.9 Å². The van der Waals surface area contributed by atoms with Gasteiger partial charge >= 0.3 is 0 Å². The van der Waals surface area contributed by atoms with Crippen molar-refractivity contribution >= 4 is 23.4 Å². The van der Waals surface area contributed by atoms with Crippen LogP contribution in [0.3, 0.4) is 0 Å². The molecular formula is C14H15ClN2O2. The summed E-state index contributed by atoms with van der Waals surface area (Å²) in [5.74, 6) is 0.103. The van der Waals surface area contributed by atoms with Crippen molar-refractivity contribution in [2.24, 2.45) is 0 Å². The van der Waals surface area contributed by atoms with Crippen molar-refractivity contribution in [3.63, 3.8) is 0 Å². The van der Waals surface area contributed by atoms with E-state index in [2.05, 4.69) is 0 Å². The minimum absolute atomic E-state index is 0.0501. The van der Waals surface area contributed by atoms with Crippen LogP contribution < -0.4 is 0 Å². The number of benzene rings is 1. The Morgan fingerprint density at radius 2 is 2.05 bits per heavy atom. The molecule has 2 amide bonds. The van der Waals surface area contributed by atoms with E-state index in [0.29, 0.717) is 11.6 Å². The summed E-state index contributed by atoms with van der Waals surface area (Å²) in [5, 5.41) is 0.636. The molecule has 0 N–H and O–H groups in total. The van der Waals surface area contributed by atoms with Gasteiger partial charge in [-0.15, -0.1) is 0 Å². The molecule has 0 saturated carbocycles. The predicted octanol–water partition coefficient (Wildman–Crippen LogP) is 1.67. The van der Waals surface area contributed by atoms with E-state index in [9.17, 15) is 9.59 Å². The standard InChI is InChI=1S/C14H15ClN2O2/c15-11-5-2-1-4-10(11)8-16-9-13(18)17-7-3-6-12(17)14(16)19/h1-2,4-5,12H,3,6-9H2/t12-/m0/s1. The van der Waals surface area contributed by atoms with Crippen molar-refractivity contribution in [2.75, 3.05) is 13.1 Å². The number of fused-ring (bicyclic) bond motifs is 1. The van der Waals surface area contributed by atoms with Gasteiger partial charge in [-0.1, -0.05) is 29.8 Å². The highest BCUT2D eigenvalue weighted by molar-refractivity contribution is 6.31. The highest BCUT2D eigenvalue weighted by Gasteiger charge is 2.41. The molecule has 2 fully saturated rings. The molecule has 5 heteroatoms. The Morgan fingerprint density at radius 3 is 2.84 bits per heavy atom. The van der Waals surface area contributed by atoms with Crippen molar-refractivity contribution in [3.05, 3.63) is 34.9 Å². The average molecular weight is 279 g/mol. The SMILES string of the molecule is O=C1[C@@H]2CCCN2C(=O)CN1Cc1ccccc1Cl. The summed E-state index contributed by atoms with van der Waals surface area (Å²) in [4.78, 5) is 27.7. The second kappa shape index (κ2) is 4.85. The molecule has 0 radical (unpaired) electrons. The number of carbonyl (C=O) groups excluding carboxylic acids is 2. The quantitative estimate of drug-likeness (QED) is 0.826. The van der Waals surface area contributed by atoms with Crippen LogP contribution in [-0.2, 0) is 16.1 Å². The van der Waals surface area contributed by atoms with Crippen LogP contribution in [0.2, 0.25) is 5.02 Å². The highest BCUT2D eigenvalue weighted by atomic mass is 35.5. The molecule has 19 heavy (non-hydrogen) atoms. The topological polar surface area (TPSA) is 40.6 Å². The van der Waals surface area contributed by atoms with Gasteiger partial charge in [0.05, 0.1) is 0 Å². The Hall–Kier alpha value is -1.55. The zero-order valence-electron chi connectivity index (χ0n) is 10.5. The summed E-state index contributed by atoms with van der Waals surface area (Å²) in [6, 6.07) is 7.19. The molecule has 2 aliphatic heterocycles. The van der Waals surface area contributed by atoms with Crippen molar-refractivity contribution in [3.8, 4) is 0 Å². The molecule has 0 spiro atoms. The first-order chi connectivity index (χ1) is 9.16. The van der Waals surface area contributed by atoms with Crippen molar-refractivity contribution in [1.82, 2.24) is 9.80 Å². The van der Waals surface area contributed by atoms with Gasteiger partial charge in [-0.2, -0.15) is 0 Å². The Bertz CT molecular complexity index is 532. The van der Waals surface area contributed by atoms with E-state index in [1.807, 2.05) is 18.2 Å². The summed E-state index contributed by atoms with van der Waals surface area (Å²) in [6.07, 6.45) is 1.70. The van der Waals surface area contributed by atoms with Crippen LogP contribution in [-0.4, -0.2) is 40.7 Å². The highest BCUT2D eigenvalue weighted by Crippen LogP contribution is 2.26. The predicted molar refractivity (Wildman–Crippen MR) is 71.6 cm³/mol. The normalized spacial score (nSPS) is 22.9. The Labute approximate surface area is 116 Å². The fourth-order valence-corrected chi connectivity index (χ4v) is 3.03. The summed E-state index contributed by atoms with van der Waals surface area (Å²) in [6.45, 7) is 1.30. The van der Waals surface area contributed by atoms with Gasteiger partial charge in [0.2, 0.25) is 11.8 Å². The lowest BCUT2D eigenvalue weighted by molar-refractivity contribution is -0.154. The summed E-state index contributed by atoms with van der Waals surface area (Å²) in [7, 11) is 0. The Kier molecular flexibility index (Phi) is 3.19. The number of nitrogens with zero attached hydrogens (tertiary/aromatic N) is 2. The second-order valence-electron chi connectivity index (χ2n) is 5.03. The fraction of sp³-hybridized carbons (Fsp3) is 0.429. The molecule has 1 atom stereocenters. The molecule has 0 aliphatic carbocycles. The van der Waals surface area contributed by atoms with Gasteiger partial charge < -0.3 is 9.80 Å². The van der Waals surface area contributed by atoms with Crippen molar-refractivity contribution in [1.29, 1.82) is 0 Å². The summed E-state index contributed by atoms with van der Waals surface area (Å²) >= 11 is 6.11. The zero-order valence-corrected chi connectivity index (χ0v) is 11.3. The fourth-order valence-electron chi connectivity index (χ4n) is 2.83. The van der Waals surface area contributed by atoms with Crippen LogP contribution in [0.1, 0.15) is 18.4 Å². The third-order valence-electron chi connectivity index (χ3n) is 3.82. The van der Waals surface area contributed by atoms with Gasteiger partial charge in [-0.25, -0.2) is 0 Å². The molecule has 4 nitrogen and oxygen atoms in total. The Morgan fingerprint density at radius 1 is 1.26 bits per heavy atom. The smallest absolute Gasteiger partial charge is 0.246 e. The molecule has 2 saturated heterocycles. The minimum Gasteiger partial charge on any atom is -0.329 e. The van der Waals surface area contributed by atoms with Gasteiger partial charge in [-0.05, 0) is 24.5 Å². The van der Waals surface area contributed by atoms with E-state index in [-0.39, 0.29) is 24.4 Å². The van der Waals surface area contributed by atoms with Crippen LogP contribution >= 0.6 is 11.6 Å². The number of piperazine rings is 1. The lowest BCUT2D eigenvalue weighted by Crippen LogP contribution is -2.56. The molecule has 1 aromatic carbocycles. The average Bonchev–Trinajstić information content (AvgIpc) is 2.88. The van der Waals surface area contributed by atoms with E-state index in [1.54, 1.807) is 15.9 Å². The molecule has 3 rings (SSSR count). The van der Waals surface area contributed by atoms with E-state index < -0.39 is 0 Å². The lowest BCUT2D eigenvalue weighted by atomic mass is 10.1. The van der Waals surface area contributed by atoms with E-state index in [1.165, 1.54) is 0 Å². The zero-order chi connectivity index (χ0) is 13.4. The molecular weight excluding hydrogens is 264 g/mol. The maximum atomic E-state index is 12.4. The summed E-state index contributed by atoms with van der Waals surface area (Å²) < 4.78 is 0.